The van der Waals surface area contributed by atoms with E-state index in [1.54, 1.807) is 47.6 Å². The van der Waals surface area contributed by atoms with Gasteiger partial charge in [0.2, 0.25) is 0 Å². The molecule has 2 aliphatic rings. The molecule has 0 aliphatic carbocycles. The minimum absolute atomic E-state index is 0.148. The van der Waals surface area contributed by atoms with E-state index in [-0.39, 0.29) is 24.0 Å². The maximum absolute atomic E-state index is 14.1. The first kappa shape index (κ1) is 29.2. The zero-order valence-electron chi connectivity index (χ0n) is 25.8. The zero-order chi connectivity index (χ0) is 31.1. The number of aryl methyl sites for hydroxylation is 4. The lowest BCUT2D eigenvalue weighted by molar-refractivity contribution is 0.0651. The van der Waals surface area contributed by atoms with E-state index in [0.29, 0.717) is 60.5 Å². The van der Waals surface area contributed by atoms with Crippen molar-refractivity contribution < 1.29 is 19.1 Å². The Labute approximate surface area is 256 Å². The van der Waals surface area contributed by atoms with Crippen LogP contribution in [0, 0.1) is 20.8 Å². The molecule has 3 heterocycles. The van der Waals surface area contributed by atoms with Crippen LogP contribution in [-0.4, -0.2) is 46.6 Å². The second-order valence-electron chi connectivity index (χ2n) is 11.5. The largest absolute Gasteiger partial charge is 0.493 e. The summed E-state index contributed by atoms with van der Waals surface area (Å²) in [6, 6.07) is 17.0. The molecule has 2 amide bonds. The topological polar surface area (TPSA) is 95.1 Å². The van der Waals surface area contributed by atoms with Crippen LogP contribution in [0.25, 0.3) is 11.3 Å². The fourth-order valence-electron chi connectivity index (χ4n) is 6.41. The number of nitrogens with zero attached hydrogens (tertiary/aromatic N) is 4. The van der Waals surface area contributed by atoms with Crippen molar-refractivity contribution in [3.63, 3.8) is 0 Å². The second kappa shape index (κ2) is 11.6. The molecule has 0 radical (unpaired) electrons. The van der Waals surface area contributed by atoms with Crippen molar-refractivity contribution in [2.24, 2.45) is 4.99 Å². The highest BCUT2D eigenvalue weighted by Crippen LogP contribution is 2.37. The number of fused-ring (bicyclic) bond motifs is 4. The Hall–Kier alpha value is -4.92. The molecule has 3 aromatic carbocycles. The van der Waals surface area contributed by atoms with Crippen molar-refractivity contribution in [1.29, 1.82) is 0 Å². The van der Waals surface area contributed by atoms with Crippen molar-refractivity contribution in [1.82, 2.24) is 14.0 Å². The summed E-state index contributed by atoms with van der Waals surface area (Å²) in [7, 11) is 3.22. The number of rotatable bonds is 8. The Morgan fingerprint density at radius 3 is 2.02 bits per heavy atom. The summed E-state index contributed by atoms with van der Waals surface area (Å²) in [5, 5.41) is 0. The number of methoxy groups -OCH3 is 2. The van der Waals surface area contributed by atoms with Gasteiger partial charge in [0, 0.05) is 31.3 Å². The van der Waals surface area contributed by atoms with Crippen LogP contribution in [0.4, 0.5) is 5.69 Å². The molecule has 0 saturated carbocycles. The van der Waals surface area contributed by atoms with Gasteiger partial charge in [0.15, 0.2) is 11.5 Å². The molecule has 9 heteroatoms. The van der Waals surface area contributed by atoms with Crippen molar-refractivity contribution in [2.45, 2.75) is 53.1 Å². The van der Waals surface area contributed by atoms with Crippen LogP contribution in [0.1, 0.15) is 55.8 Å². The van der Waals surface area contributed by atoms with E-state index in [0.717, 1.165) is 39.2 Å². The number of carbonyl (C=O) groups excluding carboxylic acids is 2. The van der Waals surface area contributed by atoms with Gasteiger partial charge in [0.25, 0.3) is 11.8 Å². The van der Waals surface area contributed by atoms with E-state index in [4.69, 9.17) is 14.5 Å². The molecule has 226 valence electrons. The highest BCUT2D eigenvalue weighted by atomic mass is 16.5. The average Bonchev–Trinajstić information content (AvgIpc) is 3.25. The highest BCUT2D eigenvalue weighted by Gasteiger charge is 2.34. The molecule has 0 saturated heterocycles. The Bertz CT molecular complexity index is 1890. The van der Waals surface area contributed by atoms with E-state index in [1.807, 2.05) is 32.0 Å². The first-order chi connectivity index (χ1) is 21.2. The third-order valence-electron chi connectivity index (χ3n) is 8.54. The number of hydrogen-bond acceptors (Lipinski definition) is 6. The number of carbonyl (C=O) groups is 2. The van der Waals surface area contributed by atoms with Crippen molar-refractivity contribution in [3.8, 4) is 22.8 Å². The third kappa shape index (κ3) is 5.02. The highest BCUT2D eigenvalue weighted by molar-refractivity contribution is 6.21. The lowest BCUT2D eigenvalue weighted by Crippen LogP contribution is -2.42. The fraction of sp³-hybridized carbons (Fsp3) is 0.314. The monoisotopic (exact) mass is 592 g/mol. The summed E-state index contributed by atoms with van der Waals surface area (Å²) in [4.78, 5) is 46.2. The Balaban J connectivity index is 1.38. The normalized spacial score (nSPS) is 14.0. The molecule has 44 heavy (non-hydrogen) atoms. The van der Waals surface area contributed by atoms with Gasteiger partial charge in [-0.05, 0) is 81.0 Å². The van der Waals surface area contributed by atoms with Crippen LogP contribution < -0.4 is 20.7 Å². The second-order valence-corrected chi connectivity index (χ2v) is 11.5. The number of imide groups is 1. The predicted molar refractivity (Wildman–Crippen MR) is 168 cm³/mol. The molecular weight excluding hydrogens is 556 g/mol. The Morgan fingerprint density at radius 2 is 1.39 bits per heavy atom. The molecule has 0 N–H and O–H groups in total. The molecular formula is C35H36N4O5. The molecule has 0 unspecified atom stereocenters. The van der Waals surface area contributed by atoms with Gasteiger partial charge in [0.05, 0.1) is 36.7 Å². The van der Waals surface area contributed by atoms with Gasteiger partial charge in [-0.2, -0.15) is 0 Å². The molecule has 0 fully saturated rings. The molecule has 6 rings (SSSR count). The van der Waals surface area contributed by atoms with Gasteiger partial charge in [-0.3, -0.25) is 23.6 Å². The van der Waals surface area contributed by atoms with E-state index < -0.39 is 0 Å². The summed E-state index contributed by atoms with van der Waals surface area (Å²) >= 11 is 0. The zero-order valence-corrected chi connectivity index (χ0v) is 25.8. The molecule has 4 aromatic rings. The van der Waals surface area contributed by atoms with E-state index in [1.165, 1.54) is 4.90 Å². The number of amides is 2. The lowest BCUT2D eigenvalue weighted by Gasteiger charge is -2.25. The number of unbranched alkanes of at least 4 members (excludes halogenated alkanes) is 1. The standard InChI is InChI=1S/C35H36N4O5/c1-21-16-22(2)32(23(3)17-21)36-31-20-28-27-19-30(44-5)29(43-4)18-24(27)12-15-37(28)35(42)38(31)13-8-9-14-39-33(40)25-10-6-7-11-26(25)34(39)41/h6-7,10-11,16-20H,8-9,12-15H2,1-5H3/b36-31+. The van der Waals surface area contributed by atoms with Crippen LogP contribution in [0.15, 0.2) is 64.4 Å². The van der Waals surface area contributed by atoms with Crippen LogP contribution in [0.5, 0.6) is 11.5 Å². The first-order valence-electron chi connectivity index (χ1n) is 14.9. The van der Waals surface area contributed by atoms with E-state index in [2.05, 4.69) is 19.1 Å². The maximum atomic E-state index is 14.1. The van der Waals surface area contributed by atoms with Crippen molar-refractivity contribution >= 4 is 17.5 Å². The van der Waals surface area contributed by atoms with Gasteiger partial charge in [0.1, 0.15) is 5.49 Å². The number of aromatic nitrogens is 2. The van der Waals surface area contributed by atoms with Crippen LogP contribution in [0.2, 0.25) is 0 Å². The Kier molecular flexibility index (Phi) is 7.71. The summed E-state index contributed by atoms with van der Waals surface area (Å²) in [5.74, 6) is 0.723. The van der Waals surface area contributed by atoms with Crippen molar-refractivity contribution in [2.75, 3.05) is 20.8 Å². The SMILES string of the molecule is COc1cc2c(cc1OC)-c1c/c(=N\c3c(C)cc(C)cc3C)n(CCCCN3C(=O)c4ccccc4C3=O)c(=O)n1CC2. The van der Waals surface area contributed by atoms with Gasteiger partial charge in [-0.1, -0.05) is 29.8 Å². The predicted octanol–water partition coefficient (Wildman–Crippen LogP) is 5.12. The quantitative estimate of drug-likeness (QED) is 0.209. The number of benzene rings is 3. The van der Waals surface area contributed by atoms with Crippen molar-refractivity contribution in [3.05, 3.63) is 104 Å². The molecule has 1 aromatic heterocycles. The first-order valence-corrected chi connectivity index (χ1v) is 14.9. The van der Waals surface area contributed by atoms with E-state index >= 15 is 0 Å². The lowest BCUT2D eigenvalue weighted by atomic mass is 9.97. The maximum Gasteiger partial charge on any atom is 0.330 e. The average molecular weight is 593 g/mol. The van der Waals surface area contributed by atoms with E-state index in [9.17, 15) is 14.4 Å². The minimum atomic E-state index is -0.265. The van der Waals surface area contributed by atoms with Gasteiger partial charge < -0.3 is 9.47 Å². The molecule has 0 atom stereocenters. The molecule has 9 nitrogen and oxygen atoms in total. The smallest absolute Gasteiger partial charge is 0.330 e. The number of ether oxygens (including phenoxy) is 2. The van der Waals surface area contributed by atoms with Gasteiger partial charge in [-0.25, -0.2) is 9.79 Å². The Morgan fingerprint density at radius 1 is 0.773 bits per heavy atom. The summed E-state index contributed by atoms with van der Waals surface area (Å²) in [5.41, 5.74) is 8.12. The van der Waals surface area contributed by atoms with Crippen LogP contribution in [0.3, 0.4) is 0 Å². The number of hydrogen-bond donors (Lipinski definition) is 0. The summed E-state index contributed by atoms with van der Waals surface area (Å²) in [6.45, 7) is 7.32. The van der Waals surface area contributed by atoms with Gasteiger partial charge >= 0.3 is 5.69 Å². The fourth-order valence-corrected chi connectivity index (χ4v) is 6.41. The van der Waals surface area contributed by atoms with Crippen LogP contribution >= 0.6 is 0 Å². The summed E-state index contributed by atoms with van der Waals surface area (Å²) < 4.78 is 14.6. The molecule has 0 bridgehead atoms. The van der Waals surface area contributed by atoms with Crippen LogP contribution in [-0.2, 0) is 19.5 Å². The summed E-state index contributed by atoms with van der Waals surface area (Å²) in [6.07, 6.45) is 1.82. The molecule has 2 aliphatic heterocycles. The minimum Gasteiger partial charge on any atom is -0.493 e. The van der Waals surface area contributed by atoms with Gasteiger partial charge in [-0.15, -0.1) is 0 Å². The molecule has 0 spiro atoms. The third-order valence-corrected chi connectivity index (χ3v) is 8.54.